The summed E-state index contributed by atoms with van der Waals surface area (Å²) < 4.78 is 48.1. The molecule has 4 unspecified atom stereocenters. The van der Waals surface area contributed by atoms with Gasteiger partial charge in [-0.15, -0.1) is 0 Å². The summed E-state index contributed by atoms with van der Waals surface area (Å²) in [5, 5.41) is 20.4. The standard InChI is InChI=1S/C11H18N5O13P3.3Na/c12-11-14-8-5(9(19)15-11)13-2-16(8)10-7(18)6(17)4(28-10)1-27-32(25,26)29-31(23,24)3-30(20,21)22;;;/h2,4,6-7,10,17-18H,1,3H2,(H,23,24)(H,25,26)(H2,20,21,22)(H3,12,14,15,19);;;/q;3*+1/p-3/t4-,6?,7+,10-;;;/m1.../s1. The molecule has 35 heavy (non-hydrogen) atoms. The minimum atomic E-state index is -5.69. The number of aliphatic hydroxyl groups excluding tert-OH is 2. The minimum Gasteiger partial charge on any atom is -0.778 e. The Labute approximate surface area is 262 Å². The van der Waals surface area contributed by atoms with Crippen LogP contribution in [0.5, 0.6) is 0 Å². The predicted molar refractivity (Wildman–Crippen MR) is 95.4 cm³/mol. The molecule has 6 N–H and O–H groups in total. The summed E-state index contributed by atoms with van der Waals surface area (Å²) in [6.45, 7) is -1.06. The number of nitrogens with two attached hydrogens (primary N) is 1. The number of anilines is 1. The van der Waals surface area contributed by atoms with E-state index in [1.807, 2.05) is 0 Å². The van der Waals surface area contributed by atoms with Gasteiger partial charge in [0.25, 0.3) is 13.4 Å². The van der Waals surface area contributed by atoms with Gasteiger partial charge in [-0.1, -0.05) is 0 Å². The zero-order valence-electron chi connectivity index (χ0n) is 18.5. The van der Waals surface area contributed by atoms with E-state index in [1.165, 1.54) is 0 Å². The summed E-state index contributed by atoms with van der Waals surface area (Å²) in [5.41, 5.74) is 4.47. The third-order valence-electron chi connectivity index (χ3n) is 4.04. The molecule has 24 heteroatoms. The van der Waals surface area contributed by atoms with Crippen molar-refractivity contribution in [2.24, 2.45) is 0 Å². The van der Waals surface area contributed by atoms with Gasteiger partial charge < -0.3 is 53.9 Å². The van der Waals surface area contributed by atoms with Crippen molar-refractivity contribution in [3.05, 3.63) is 16.7 Å². The Kier molecular flexibility index (Phi) is 14.3. The third-order valence-corrected chi connectivity index (χ3v) is 9.11. The monoisotopic (exact) mass is 587 g/mol. The molecule has 0 saturated carbocycles. The maximum absolute atomic E-state index is 11.8. The smallest absolute Gasteiger partial charge is 0.778 e. The van der Waals surface area contributed by atoms with Crippen molar-refractivity contribution < 1.29 is 146 Å². The van der Waals surface area contributed by atoms with Crippen molar-refractivity contribution in [2.45, 2.75) is 24.5 Å². The number of nitrogens with zero attached hydrogens (tertiary/aromatic N) is 3. The number of ether oxygens (including phenoxy) is 1. The summed E-state index contributed by atoms with van der Waals surface area (Å²) in [6, 6.07) is 0. The molecule has 3 heterocycles. The number of aromatic nitrogens is 4. The van der Waals surface area contributed by atoms with Crippen LogP contribution in [0.3, 0.4) is 0 Å². The van der Waals surface area contributed by atoms with E-state index in [1.54, 1.807) is 0 Å². The molecular formula is C11H15N5Na3O13P3. The van der Waals surface area contributed by atoms with Crippen molar-refractivity contribution in [3.8, 4) is 0 Å². The summed E-state index contributed by atoms with van der Waals surface area (Å²) in [4.78, 5) is 64.0. The first-order chi connectivity index (χ1) is 14.6. The quantitative estimate of drug-likeness (QED) is 0.141. The average Bonchev–Trinajstić information content (AvgIpc) is 3.12. The van der Waals surface area contributed by atoms with Crippen LogP contribution in [0.15, 0.2) is 11.1 Å². The average molecular weight is 587 g/mol. The number of phosphoric acid groups is 1. The largest absolute Gasteiger partial charge is 1.00 e. The summed E-state index contributed by atoms with van der Waals surface area (Å²) in [7, 11) is -16.7. The maximum atomic E-state index is 11.8. The van der Waals surface area contributed by atoms with Crippen LogP contribution in [-0.2, 0) is 27.3 Å². The molecule has 18 nitrogen and oxygen atoms in total. The normalized spacial score (nSPS) is 26.9. The van der Waals surface area contributed by atoms with Gasteiger partial charge >= 0.3 is 88.7 Å². The zero-order chi connectivity index (χ0) is 24.1. The van der Waals surface area contributed by atoms with Crippen molar-refractivity contribution in [1.82, 2.24) is 19.5 Å². The summed E-state index contributed by atoms with van der Waals surface area (Å²) in [5.74, 6) is -2.28. The van der Waals surface area contributed by atoms with Crippen LogP contribution in [0, 0.1) is 0 Å². The van der Waals surface area contributed by atoms with E-state index in [2.05, 4.69) is 23.8 Å². The molecular weight excluding hydrogens is 572 g/mol. The Hall–Kier alpha value is 1.48. The number of nitrogens with one attached hydrogen (secondary N) is 1. The Morgan fingerprint density at radius 1 is 1.17 bits per heavy atom. The van der Waals surface area contributed by atoms with Gasteiger partial charge in [-0.3, -0.25) is 23.2 Å². The SMILES string of the molecule is Nc1nc2c(ncn2[C@@H]2O[C@H](COP(=O)([O-])OP(=O)([O-])CP(=O)([O-])O)C(O)[C@@H]2O)c(=O)[nH]1.[Na+].[Na+].[Na+]. The van der Waals surface area contributed by atoms with Gasteiger partial charge in [-0.2, -0.15) is 4.98 Å². The predicted octanol–water partition coefficient (Wildman–Crippen LogP) is -13.1. The number of imidazole rings is 1. The van der Waals surface area contributed by atoms with Crippen LogP contribution in [0.4, 0.5) is 5.95 Å². The van der Waals surface area contributed by atoms with E-state index in [9.17, 15) is 43.4 Å². The molecule has 1 fully saturated rings. The molecule has 0 aromatic carbocycles. The maximum Gasteiger partial charge on any atom is 1.00 e. The van der Waals surface area contributed by atoms with E-state index >= 15 is 0 Å². The number of rotatable bonds is 8. The van der Waals surface area contributed by atoms with Crippen LogP contribution in [-0.4, -0.2) is 65.4 Å². The molecule has 0 spiro atoms. The van der Waals surface area contributed by atoms with Crippen molar-refractivity contribution in [2.75, 3.05) is 18.2 Å². The number of fused-ring (bicyclic) bond motifs is 1. The Bertz CT molecular complexity index is 1220. The Morgan fingerprint density at radius 3 is 2.34 bits per heavy atom. The summed E-state index contributed by atoms with van der Waals surface area (Å²) in [6.07, 6.45) is -5.43. The minimum absolute atomic E-state index is 0. The van der Waals surface area contributed by atoms with Crippen molar-refractivity contribution in [1.29, 1.82) is 0 Å². The molecule has 0 amide bonds. The van der Waals surface area contributed by atoms with Gasteiger partial charge in [0.15, 0.2) is 25.0 Å². The molecule has 3 rings (SSSR count). The van der Waals surface area contributed by atoms with E-state index in [-0.39, 0.29) is 106 Å². The second-order valence-corrected chi connectivity index (χ2v) is 12.0. The topological polar surface area (TPSA) is 298 Å². The molecule has 0 aliphatic carbocycles. The van der Waals surface area contributed by atoms with Crippen LogP contribution >= 0.6 is 23.0 Å². The molecule has 180 valence electrons. The van der Waals surface area contributed by atoms with Gasteiger partial charge in [-0.25, -0.2) is 4.98 Å². The van der Waals surface area contributed by atoms with Crippen LogP contribution in [0.25, 0.3) is 11.2 Å². The van der Waals surface area contributed by atoms with Crippen LogP contribution < -0.4 is 115 Å². The summed E-state index contributed by atoms with van der Waals surface area (Å²) >= 11 is 0. The molecule has 1 aliphatic heterocycles. The fraction of sp³-hybridized carbons (Fsp3) is 0.545. The first kappa shape index (κ1) is 36.5. The molecule has 2 aromatic rings. The fourth-order valence-corrected chi connectivity index (χ4v) is 6.97. The van der Waals surface area contributed by atoms with Gasteiger partial charge in [0, 0.05) is 0 Å². The van der Waals surface area contributed by atoms with E-state index in [0.29, 0.717) is 0 Å². The molecule has 7 atom stereocenters. The second kappa shape index (κ2) is 13.7. The molecule has 1 aliphatic rings. The van der Waals surface area contributed by atoms with Crippen molar-refractivity contribution in [3.63, 3.8) is 0 Å². The number of phosphoric ester groups is 1. The van der Waals surface area contributed by atoms with E-state index in [0.717, 1.165) is 10.9 Å². The van der Waals surface area contributed by atoms with Crippen LogP contribution in [0.1, 0.15) is 6.23 Å². The fourth-order valence-electron chi connectivity index (χ4n) is 2.81. The van der Waals surface area contributed by atoms with E-state index < -0.39 is 65.6 Å². The molecule has 2 aromatic heterocycles. The van der Waals surface area contributed by atoms with Gasteiger partial charge in [0.2, 0.25) is 5.95 Å². The van der Waals surface area contributed by atoms with Gasteiger partial charge in [0.05, 0.1) is 18.8 Å². The second-order valence-electron chi connectivity index (χ2n) is 6.54. The number of hydrogen-bond donors (Lipinski definition) is 5. The number of nitrogen functional groups attached to an aromatic ring is 1. The van der Waals surface area contributed by atoms with E-state index in [4.69, 9.17) is 15.4 Å². The molecule has 0 radical (unpaired) electrons. The van der Waals surface area contributed by atoms with Crippen LogP contribution in [0.2, 0.25) is 0 Å². The zero-order valence-corrected chi connectivity index (χ0v) is 27.2. The number of H-pyrrole nitrogens is 1. The first-order valence-electron chi connectivity index (χ1n) is 8.32. The Morgan fingerprint density at radius 2 is 1.77 bits per heavy atom. The molecule has 1 saturated heterocycles. The van der Waals surface area contributed by atoms with Gasteiger partial charge in [0.1, 0.15) is 25.9 Å². The number of hydrogen-bond acceptors (Lipinski definition) is 15. The number of aromatic amines is 1. The van der Waals surface area contributed by atoms with Crippen molar-refractivity contribution >= 4 is 40.1 Å². The first-order valence-corrected chi connectivity index (χ1v) is 13.3. The Balaban J connectivity index is 0.00000385. The number of aliphatic hydroxyl groups is 2. The third kappa shape index (κ3) is 9.57. The van der Waals surface area contributed by atoms with Gasteiger partial charge in [-0.05, 0) is 0 Å². The molecule has 0 bridgehead atoms.